The first-order chi connectivity index (χ1) is 10.2. The summed E-state index contributed by atoms with van der Waals surface area (Å²) < 4.78 is 0. The van der Waals surface area contributed by atoms with Crippen LogP contribution in [0.2, 0.25) is 0 Å². The number of anilines is 2. The SMILES string of the molecule is O=C(Nc1cccnc1)c1cccc(NC(=O)C2CC2)c1. The van der Waals surface area contributed by atoms with Crippen LogP contribution < -0.4 is 10.6 Å². The van der Waals surface area contributed by atoms with E-state index in [0.717, 1.165) is 12.8 Å². The molecule has 5 heteroatoms. The number of nitrogens with zero attached hydrogens (tertiary/aromatic N) is 1. The normalized spacial score (nSPS) is 13.5. The van der Waals surface area contributed by atoms with E-state index in [1.165, 1.54) is 0 Å². The van der Waals surface area contributed by atoms with Crippen molar-refractivity contribution in [3.8, 4) is 0 Å². The molecule has 1 aliphatic carbocycles. The molecule has 2 amide bonds. The highest BCUT2D eigenvalue weighted by Gasteiger charge is 2.29. The lowest BCUT2D eigenvalue weighted by Gasteiger charge is -2.08. The molecule has 2 aromatic rings. The number of hydrogen-bond donors (Lipinski definition) is 2. The summed E-state index contributed by atoms with van der Waals surface area (Å²) in [6.45, 7) is 0. The van der Waals surface area contributed by atoms with Gasteiger partial charge in [-0.1, -0.05) is 6.07 Å². The number of hydrogen-bond acceptors (Lipinski definition) is 3. The van der Waals surface area contributed by atoms with Crippen molar-refractivity contribution in [2.45, 2.75) is 12.8 Å². The van der Waals surface area contributed by atoms with E-state index in [2.05, 4.69) is 15.6 Å². The lowest BCUT2D eigenvalue weighted by atomic mass is 10.2. The minimum absolute atomic E-state index is 0.0276. The molecule has 1 heterocycles. The Hall–Kier alpha value is -2.69. The highest BCUT2D eigenvalue weighted by atomic mass is 16.2. The molecule has 1 aromatic carbocycles. The molecular weight excluding hydrogens is 266 g/mol. The summed E-state index contributed by atoms with van der Waals surface area (Å²) in [5.41, 5.74) is 1.77. The van der Waals surface area contributed by atoms with E-state index in [1.54, 1.807) is 48.8 Å². The Morgan fingerprint density at radius 2 is 1.86 bits per heavy atom. The van der Waals surface area contributed by atoms with Gasteiger partial charge >= 0.3 is 0 Å². The van der Waals surface area contributed by atoms with Gasteiger partial charge in [0.1, 0.15) is 0 Å². The number of carbonyl (C=O) groups excluding carboxylic acids is 2. The standard InChI is InChI=1S/C16H15N3O2/c20-15(11-6-7-11)18-13-4-1-3-12(9-13)16(21)19-14-5-2-8-17-10-14/h1-5,8-11H,6-7H2,(H,18,20)(H,19,21). The predicted octanol–water partition coefficient (Wildman–Crippen LogP) is 2.68. The molecule has 2 N–H and O–H groups in total. The van der Waals surface area contributed by atoms with Crippen molar-refractivity contribution >= 4 is 23.2 Å². The van der Waals surface area contributed by atoms with E-state index >= 15 is 0 Å². The molecule has 5 nitrogen and oxygen atoms in total. The van der Waals surface area contributed by atoms with Gasteiger partial charge in [-0.2, -0.15) is 0 Å². The molecule has 0 aliphatic heterocycles. The largest absolute Gasteiger partial charge is 0.326 e. The molecule has 1 aromatic heterocycles. The molecule has 0 radical (unpaired) electrons. The van der Waals surface area contributed by atoms with Gasteiger partial charge in [0.05, 0.1) is 11.9 Å². The van der Waals surface area contributed by atoms with E-state index in [-0.39, 0.29) is 17.7 Å². The lowest BCUT2D eigenvalue weighted by molar-refractivity contribution is -0.117. The van der Waals surface area contributed by atoms with E-state index in [4.69, 9.17) is 0 Å². The minimum atomic E-state index is -0.231. The summed E-state index contributed by atoms with van der Waals surface area (Å²) >= 11 is 0. The van der Waals surface area contributed by atoms with Crippen molar-refractivity contribution in [3.05, 3.63) is 54.4 Å². The molecule has 0 atom stereocenters. The van der Waals surface area contributed by atoms with Gasteiger partial charge < -0.3 is 10.6 Å². The number of rotatable bonds is 4. The predicted molar refractivity (Wildman–Crippen MR) is 80.0 cm³/mol. The van der Waals surface area contributed by atoms with Gasteiger partial charge in [0.25, 0.3) is 5.91 Å². The molecule has 0 unspecified atom stereocenters. The van der Waals surface area contributed by atoms with Crippen LogP contribution in [-0.4, -0.2) is 16.8 Å². The first-order valence-electron chi connectivity index (χ1n) is 6.85. The fraction of sp³-hybridized carbons (Fsp3) is 0.188. The number of amides is 2. The van der Waals surface area contributed by atoms with E-state index in [9.17, 15) is 9.59 Å². The van der Waals surface area contributed by atoms with E-state index in [1.807, 2.05) is 0 Å². The van der Waals surface area contributed by atoms with Crippen LogP contribution in [0.4, 0.5) is 11.4 Å². The summed E-state index contributed by atoms with van der Waals surface area (Å²) in [7, 11) is 0. The van der Waals surface area contributed by atoms with Gasteiger partial charge in [-0.25, -0.2) is 0 Å². The van der Waals surface area contributed by atoms with Crippen LogP contribution in [0.25, 0.3) is 0 Å². The Kier molecular flexibility index (Phi) is 3.64. The zero-order chi connectivity index (χ0) is 14.7. The van der Waals surface area contributed by atoms with Gasteiger partial charge in [0.15, 0.2) is 0 Å². The first-order valence-corrected chi connectivity index (χ1v) is 6.85. The van der Waals surface area contributed by atoms with Crippen molar-refractivity contribution in [2.75, 3.05) is 10.6 Å². The zero-order valence-corrected chi connectivity index (χ0v) is 11.4. The van der Waals surface area contributed by atoms with Crippen molar-refractivity contribution in [3.63, 3.8) is 0 Å². The summed E-state index contributed by atoms with van der Waals surface area (Å²) in [5.74, 6) is -0.0665. The zero-order valence-electron chi connectivity index (χ0n) is 11.4. The molecular formula is C16H15N3O2. The molecule has 3 rings (SSSR count). The third kappa shape index (κ3) is 3.45. The maximum Gasteiger partial charge on any atom is 0.255 e. The Bertz CT molecular complexity index is 666. The van der Waals surface area contributed by atoms with Crippen LogP contribution in [-0.2, 0) is 4.79 Å². The Morgan fingerprint density at radius 1 is 1.05 bits per heavy atom. The van der Waals surface area contributed by atoms with Crippen molar-refractivity contribution in [1.29, 1.82) is 0 Å². The third-order valence-corrected chi connectivity index (χ3v) is 3.26. The molecule has 21 heavy (non-hydrogen) atoms. The third-order valence-electron chi connectivity index (χ3n) is 3.26. The van der Waals surface area contributed by atoms with E-state index in [0.29, 0.717) is 16.9 Å². The second kappa shape index (κ2) is 5.75. The maximum atomic E-state index is 12.1. The summed E-state index contributed by atoms with van der Waals surface area (Å²) in [6, 6.07) is 10.4. The van der Waals surface area contributed by atoms with Gasteiger partial charge in [-0.05, 0) is 43.2 Å². The average molecular weight is 281 g/mol. The van der Waals surface area contributed by atoms with Gasteiger partial charge in [-0.3, -0.25) is 14.6 Å². The molecule has 1 aliphatic rings. The number of pyridine rings is 1. The van der Waals surface area contributed by atoms with Crippen LogP contribution in [0.1, 0.15) is 23.2 Å². The number of aromatic nitrogens is 1. The number of nitrogens with one attached hydrogen (secondary N) is 2. The fourth-order valence-corrected chi connectivity index (χ4v) is 1.97. The Labute approximate surface area is 122 Å². The molecule has 1 fully saturated rings. The monoisotopic (exact) mass is 281 g/mol. The van der Waals surface area contributed by atoms with Crippen molar-refractivity contribution in [1.82, 2.24) is 4.98 Å². The highest BCUT2D eigenvalue weighted by molar-refractivity contribution is 6.05. The van der Waals surface area contributed by atoms with Crippen LogP contribution >= 0.6 is 0 Å². The topological polar surface area (TPSA) is 71.1 Å². The van der Waals surface area contributed by atoms with Crippen LogP contribution in [0.15, 0.2) is 48.8 Å². The highest BCUT2D eigenvalue weighted by Crippen LogP contribution is 2.30. The van der Waals surface area contributed by atoms with Gasteiger partial charge in [0.2, 0.25) is 5.91 Å². The lowest BCUT2D eigenvalue weighted by Crippen LogP contribution is -2.15. The fourth-order valence-electron chi connectivity index (χ4n) is 1.97. The quantitative estimate of drug-likeness (QED) is 0.905. The maximum absolute atomic E-state index is 12.1. The molecule has 0 spiro atoms. The number of carbonyl (C=O) groups is 2. The number of benzene rings is 1. The average Bonchev–Trinajstić information content (AvgIpc) is 3.33. The smallest absolute Gasteiger partial charge is 0.255 e. The second-order valence-corrected chi connectivity index (χ2v) is 5.04. The van der Waals surface area contributed by atoms with Gasteiger partial charge in [-0.15, -0.1) is 0 Å². The summed E-state index contributed by atoms with van der Waals surface area (Å²) in [4.78, 5) is 27.8. The Morgan fingerprint density at radius 3 is 2.57 bits per heavy atom. The molecule has 106 valence electrons. The van der Waals surface area contributed by atoms with Crippen molar-refractivity contribution < 1.29 is 9.59 Å². The molecule has 0 bridgehead atoms. The van der Waals surface area contributed by atoms with Crippen molar-refractivity contribution in [2.24, 2.45) is 5.92 Å². The van der Waals surface area contributed by atoms with Crippen LogP contribution in [0.5, 0.6) is 0 Å². The Balaban J connectivity index is 1.69. The first kappa shape index (κ1) is 13.3. The minimum Gasteiger partial charge on any atom is -0.326 e. The molecule has 0 saturated heterocycles. The molecule has 1 saturated carbocycles. The van der Waals surface area contributed by atoms with Crippen LogP contribution in [0, 0.1) is 5.92 Å². The van der Waals surface area contributed by atoms with E-state index < -0.39 is 0 Å². The summed E-state index contributed by atoms with van der Waals surface area (Å²) in [5, 5.41) is 5.59. The van der Waals surface area contributed by atoms with Gasteiger partial charge in [0, 0.05) is 23.4 Å². The van der Waals surface area contributed by atoms with Crippen LogP contribution in [0.3, 0.4) is 0 Å². The second-order valence-electron chi connectivity index (χ2n) is 5.04. The summed E-state index contributed by atoms with van der Waals surface area (Å²) in [6.07, 6.45) is 5.13.